The summed E-state index contributed by atoms with van der Waals surface area (Å²) >= 11 is 0. The summed E-state index contributed by atoms with van der Waals surface area (Å²) in [6.07, 6.45) is 7.68. The van der Waals surface area contributed by atoms with Crippen molar-refractivity contribution in [3.8, 4) is 0 Å². The van der Waals surface area contributed by atoms with Crippen LogP contribution in [0.5, 0.6) is 0 Å². The monoisotopic (exact) mass is 296 g/mol. The third kappa shape index (κ3) is 4.37. The molecular weight excluding hydrogens is 272 g/mol. The molecule has 1 saturated heterocycles. The third-order valence-corrected chi connectivity index (χ3v) is 6.00. The van der Waals surface area contributed by atoms with Crippen molar-refractivity contribution in [2.45, 2.75) is 51.0 Å². The Morgan fingerprint density at radius 1 is 1.06 bits per heavy atom. The predicted molar refractivity (Wildman–Crippen MR) is 76.4 cm³/mol. The van der Waals surface area contributed by atoms with Crippen LogP contribution >= 0.6 is 12.4 Å². The Kier molecular flexibility index (Phi) is 6.38. The van der Waals surface area contributed by atoms with Crippen LogP contribution in [0, 0.1) is 5.92 Å². The SMILES string of the molecule is Cl.N[C@@H]1CCCN(S(=O)(=O)CC2CCCCC2)C1. The van der Waals surface area contributed by atoms with Gasteiger partial charge in [0.15, 0.2) is 0 Å². The Bertz CT molecular complexity index is 342. The van der Waals surface area contributed by atoms with Gasteiger partial charge in [0.2, 0.25) is 10.0 Å². The van der Waals surface area contributed by atoms with Crippen LogP contribution in [0.3, 0.4) is 0 Å². The van der Waals surface area contributed by atoms with Crippen molar-refractivity contribution in [2.24, 2.45) is 11.7 Å². The van der Waals surface area contributed by atoms with E-state index in [4.69, 9.17) is 5.73 Å². The smallest absolute Gasteiger partial charge is 0.214 e. The minimum atomic E-state index is -3.06. The summed E-state index contributed by atoms with van der Waals surface area (Å²) in [4.78, 5) is 0. The number of piperidine rings is 1. The Morgan fingerprint density at radius 2 is 1.72 bits per heavy atom. The van der Waals surface area contributed by atoms with Gasteiger partial charge in [-0.25, -0.2) is 12.7 Å². The van der Waals surface area contributed by atoms with E-state index in [1.807, 2.05) is 0 Å². The first kappa shape index (κ1) is 16.2. The molecule has 0 unspecified atom stereocenters. The van der Waals surface area contributed by atoms with Gasteiger partial charge in [-0.15, -0.1) is 12.4 Å². The maximum Gasteiger partial charge on any atom is 0.214 e. The van der Waals surface area contributed by atoms with Crippen LogP contribution in [0.25, 0.3) is 0 Å². The van der Waals surface area contributed by atoms with Crippen molar-refractivity contribution in [3.05, 3.63) is 0 Å². The van der Waals surface area contributed by atoms with Gasteiger partial charge in [0, 0.05) is 19.1 Å². The average molecular weight is 297 g/mol. The summed E-state index contributed by atoms with van der Waals surface area (Å²) < 4.78 is 26.2. The summed E-state index contributed by atoms with van der Waals surface area (Å²) in [5.41, 5.74) is 5.85. The Morgan fingerprint density at radius 3 is 2.33 bits per heavy atom. The van der Waals surface area contributed by atoms with Gasteiger partial charge in [-0.2, -0.15) is 0 Å². The molecule has 1 aliphatic carbocycles. The molecule has 18 heavy (non-hydrogen) atoms. The predicted octanol–water partition coefficient (Wildman–Crippen LogP) is 1.74. The normalized spacial score (nSPS) is 27.7. The van der Waals surface area contributed by atoms with Crippen LogP contribution < -0.4 is 5.73 Å². The maximum atomic E-state index is 12.3. The molecule has 6 heteroatoms. The molecule has 1 atom stereocenters. The van der Waals surface area contributed by atoms with E-state index in [0.29, 0.717) is 24.8 Å². The highest BCUT2D eigenvalue weighted by atomic mass is 35.5. The molecule has 1 heterocycles. The number of sulfonamides is 1. The van der Waals surface area contributed by atoms with Gasteiger partial charge >= 0.3 is 0 Å². The lowest BCUT2D eigenvalue weighted by Crippen LogP contribution is -2.47. The van der Waals surface area contributed by atoms with Gasteiger partial charge in [0.1, 0.15) is 0 Å². The summed E-state index contributed by atoms with van der Waals surface area (Å²) in [5, 5.41) is 0. The lowest BCUT2D eigenvalue weighted by Gasteiger charge is -2.32. The number of halogens is 1. The molecular formula is C12H25ClN2O2S. The maximum absolute atomic E-state index is 12.3. The fourth-order valence-electron chi connectivity index (χ4n) is 2.98. The Labute approximate surface area is 117 Å². The zero-order valence-electron chi connectivity index (χ0n) is 10.9. The molecule has 2 N–H and O–H groups in total. The van der Waals surface area contributed by atoms with Crippen molar-refractivity contribution >= 4 is 22.4 Å². The highest BCUT2D eigenvalue weighted by Gasteiger charge is 2.30. The molecule has 0 aromatic heterocycles. The van der Waals surface area contributed by atoms with E-state index in [1.54, 1.807) is 4.31 Å². The molecule has 2 fully saturated rings. The van der Waals surface area contributed by atoms with Gasteiger partial charge in [0.25, 0.3) is 0 Å². The summed E-state index contributed by atoms with van der Waals surface area (Å²) in [6.45, 7) is 1.19. The van der Waals surface area contributed by atoms with Crippen LogP contribution in [0.4, 0.5) is 0 Å². The van der Waals surface area contributed by atoms with Gasteiger partial charge in [-0.1, -0.05) is 19.3 Å². The topological polar surface area (TPSA) is 63.4 Å². The molecule has 0 bridgehead atoms. The van der Waals surface area contributed by atoms with Crippen molar-refractivity contribution in [1.82, 2.24) is 4.31 Å². The van der Waals surface area contributed by atoms with Crippen molar-refractivity contribution in [2.75, 3.05) is 18.8 Å². The molecule has 4 nitrogen and oxygen atoms in total. The molecule has 0 spiro atoms. The Hall–Kier alpha value is 0.160. The fourth-order valence-corrected chi connectivity index (χ4v) is 4.95. The van der Waals surface area contributed by atoms with Crippen molar-refractivity contribution in [3.63, 3.8) is 0 Å². The fraction of sp³-hybridized carbons (Fsp3) is 1.00. The molecule has 0 aromatic carbocycles. The molecule has 0 amide bonds. The van der Waals surface area contributed by atoms with E-state index in [1.165, 1.54) is 19.3 Å². The number of hydrogen-bond acceptors (Lipinski definition) is 3. The first-order chi connectivity index (χ1) is 8.08. The lowest BCUT2D eigenvalue weighted by atomic mass is 9.91. The van der Waals surface area contributed by atoms with E-state index >= 15 is 0 Å². The van der Waals surface area contributed by atoms with E-state index in [2.05, 4.69) is 0 Å². The van der Waals surface area contributed by atoms with Crippen LogP contribution in [0.2, 0.25) is 0 Å². The second-order valence-corrected chi connectivity index (χ2v) is 7.56. The minimum Gasteiger partial charge on any atom is -0.327 e. The molecule has 108 valence electrons. The Balaban J connectivity index is 0.00000162. The van der Waals surface area contributed by atoms with Crippen molar-refractivity contribution < 1.29 is 8.42 Å². The number of nitrogens with zero attached hydrogens (tertiary/aromatic N) is 1. The first-order valence-electron chi connectivity index (χ1n) is 6.81. The largest absolute Gasteiger partial charge is 0.327 e. The van der Waals surface area contributed by atoms with E-state index in [9.17, 15) is 8.42 Å². The van der Waals surface area contributed by atoms with Gasteiger partial charge in [0.05, 0.1) is 5.75 Å². The second-order valence-electron chi connectivity index (χ2n) is 5.54. The van der Waals surface area contributed by atoms with E-state index in [0.717, 1.165) is 25.7 Å². The molecule has 2 aliphatic rings. The summed E-state index contributed by atoms with van der Waals surface area (Å²) in [5.74, 6) is 0.728. The minimum absolute atomic E-state index is 0. The molecule has 2 rings (SSSR count). The van der Waals surface area contributed by atoms with Crippen LogP contribution in [0.1, 0.15) is 44.9 Å². The van der Waals surface area contributed by atoms with E-state index in [-0.39, 0.29) is 18.4 Å². The highest BCUT2D eigenvalue weighted by molar-refractivity contribution is 7.89. The first-order valence-corrected chi connectivity index (χ1v) is 8.42. The molecule has 0 radical (unpaired) electrons. The van der Waals surface area contributed by atoms with Crippen LogP contribution in [-0.4, -0.2) is 37.6 Å². The van der Waals surface area contributed by atoms with Crippen LogP contribution in [0.15, 0.2) is 0 Å². The number of nitrogens with two attached hydrogens (primary N) is 1. The average Bonchev–Trinajstić information content (AvgIpc) is 2.30. The lowest BCUT2D eigenvalue weighted by molar-refractivity contribution is 0.308. The highest BCUT2D eigenvalue weighted by Crippen LogP contribution is 2.26. The van der Waals surface area contributed by atoms with E-state index < -0.39 is 10.0 Å². The van der Waals surface area contributed by atoms with Gasteiger partial charge in [-0.3, -0.25) is 0 Å². The summed E-state index contributed by atoms with van der Waals surface area (Å²) in [6, 6.07) is 0.0323. The number of rotatable bonds is 3. The third-order valence-electron chi connectivity index (χ3n) is 3.99. The van der Waals surface area contributed by atoms with Gasteiger partial charge in [-0.05, 0) is 31.6 Å². The molecule has 1 aliphatic heterocycles. The van der Waals surface area contributed by atoms with Crippen molar-refractivity contribution in [1.29, 1.82) is 0 Å². The zero-order chi connectivity index (χ0) is 12.3. The quantitative estimate of drug-likeness (QED) is 0.863. The van der Waals surface area contributed by atoms with Crippen LogP contribution in [-0.2, 0) is 10.0 Å². The molecule has 0 aromatic rings. The second kappa shape index (κ2) is 7.08. The standard InChI is InChI=1S/C12H24N2O2S.ClH/c13-12-7-4-8-14(9-12)17(15,16)10-11-5-2-1-3-6-11;/h11-12H,1-10,13H2;1H/t12-;/m1./s1. The summed E-state index contributed by atoms with van der Waals surface area (Å²) in [7, 11) is -3.06. The molecule has 1 saturated carbocycles. The van der Waals surface area contributed by atoms with Gasteiger partial charge < -0.3 is 5.73 Å². The number of hydrogen-bond donors (Lipinski definition) is 1. The zero-order valence-corrected chi connectivity index (χ0v) is 12.5.